The van der Waals surface area contributed by atoms with E-state index < -0.39 is 0 Å². The van der Waals surface area contributed by atoms with E-state index in [1.54, 1.807) is 10.8 Å². The summed E-state index contributed by atoms with van der Waals surface area (Å²) < 4.78 is 0. The molecule has 1 heteroatoms. The first-order valence-corrected chi connectivity index (χ1v) is 4.28. The van der Waals surface area contributed by atoms with Crippen LogP contribution in [0.4, 0.5) is 0 Å². The van der Waals surface area contributed by atoms with Crippen molar-refractivity contribution in [1.82, 2.24) is 0 Å². The smallest absolute Gasteiger partial charge is 0.0794 e. The molecule has 2 heterocycles. The van der Waals surface area contributed by atoms with Crippen LogP contribution in [0.3, 0.4) is 0 Å². The molecule has 0 saturated carbocycles. The molecule has 0 amide bonds. The van der Waals surface area contributed by atoms with Gasteiger partial charge in [-0.05, 0) is 18.9 Å². The van der Waals surface area contributed by atoms with Crippen LogP contribution in [0.25, 0.3) is 0 Å². The van der Waals surface area contributed by atoms with E-state index in [0.717, 1.165) is 9.52 Å². The molecule has 3 aliphatic rings. The monoisotopic (exact) mass is 120 g/mol. The van der Waals surface area contributed by atoms with Crippen molar-refractivity contribution >= 4 is 9.52 Å². The lowest BCUT2D eigenvalue weighted by Gasteiger charge is -2.20. The molecule has 1 aliphatic carbocycles. The van der Waals surface area contributed by atoms with E-state index in [2.05, 4.69) is 12.2 Å². The highest BCUT2D eigenvalue weighted by molar-refractivity contribution is 6.47. The van der Waals surface area contributed by atoms with Crippen LogP contribution in [0.2, 0.25) is 6.04 Å². The van der Waals surface area contributed by atoms with Gasteiger partial charge in [-0.15, -0.1) is 0 Å². The molecule has 1 saturated heterocycles. The lowest BCUT2D eigenvalue weighted by atomic mass is 10.1. The minimum atomic E-state index is 1.14. The first-order chi connectivity index (χ1) is 3.95. The fourth-order valence-electron chi connectivity index (χ4n) is 1.20. The van der Waals surface area contributed by atoms with E-state index in [1.165, 1.54) is 18.9 Å². The van der Waals surface area contributed by atoms with Gasteiger partial charge in [0.05, 0.1) is 9.52 Å². The van der Waals surface area contributed by atoms with Crippen molar-refractivity contribution in [3.63, 3.8) is 0 Å². The molecule has 0 spiro atoms. The van der Waals surface area contributed by atoms with Gasteiger partial charge in [-0.3, -0.25) is 0 Å². The van der Waals surface area contributed by atoms with E-state index in [0.29, 0.717) is 0 Å². The van der Waals surface area contributed by atoms with Gasteiger partial charge in [0.15, 0.2) is 0 Å². The second kappa shape index (κ2) is 1.59. The number of allylic oxidation sites excluding steroid dienone is 4. The largest absolute Gasteiger partial charge is 0.0846 e. The Labute approximate surface area is 52.1 Å². The zero-order valence-electron chi connectivity index (χ0n) is 4.78. The molecule has 3 rings (SSSR count). The maximum Gasteiger partial charge on any atom is 0.0794 e. The number of hydrogen-bond donors (Lipinski definition) is 0. The van der Waals surface area contributed by atoms with Crippen molar-refractivity contribution in [2.75, 3.05) is 0 Å². The van der Waals surface area contributed by atoms with Crippen LogP contribution >= 0.6 is 0 Å². The topological polar surface area (TPSA) is 0 Å². The van der Waals surface area contributed by atoms with Gasteiger partial charge in [-0.25, -0.2) is 0 Å². The zero-order valence-corrected chi connectivity index (χ0v) is 5.78. The summed E-state index contributed by atoms with van der Waals surface area (Å²) in [5, 5.41) is 1.69. The van der Waals surface area contributed by atoms with Crippen molar-refractivity contribution in [3.8, 4) is 0 Å². The Morgan fingerprint density at radius 3 is 2.38 bits per heavy atom. The molecular weight excluding hydrogens is 112 g/mol. The van der Waals surface area contributed by atoms with E-state index >= 15 is 0 Å². The van der Waals surface area contributed by atoms with Crippen LogP contribution in [0.15, 0.2) is 22.9 Å². The highest BCUT2D eigenvalue weighted by atomic mass is 28.2. The Morgan fingerprint density at radius 2 is 2.25 bits per heavy atom. The highest BCUT2D eigenvalue weighted by Gasteiger charge is 2.13. The summed E-state index contributed by atoms with van der Waals surface area (Å²) in [5.74, 6) is 0. The Kier molecular flexibility index (Phi) is 0.906. The molecule has 40 valence electrons. The molecule has 0 unspecified atom stereocenters. The molecule has 2 bridgehead atoms. The SMILES string of the molecule is C1=C2CCC(=C1)[Si]C2. The Hall–Kier alpha value is -0.303. The third kappa shape index (κ3) is 0.582. The lowest BCUT2D eigenvalue weighted by Crippen LogP contribution is -2.09. The van der Waals surface area contributed by atoms with Crippen LogP contribution in [0, 0.1) is 0 Å². The van der Waals surface area contributed by atoms with Crippen LogP contribution in [-0.4, -0.2) is 9.52 Å². The van der Waals surface area contributed by atoms with Gasteiger partial charge in [-0.1, -0.05) is 22.9 Å². The Morgan fingerprint density at radius 1 is 1.25 bits per heavy atom. The number of rotatable bonds is 0. The van der Waals surface area contributed by atoms with Gasteiger partial charge in [0.25, 0.3) is 0 Å². The standard InChI is InChI=1S/C7H8Si/c1-3-7-4-2-6(1)5-8-7/h1,3H,2,4-5H2. The fraction of sp³-hybridized carbons (Fsp3) is 0.429. The van der Waals surface area contributed by atoms with E-state index in [1.807, 2.05) is 0 Å². The molecule has 0 aromatic heterocycles. The Balaban J connectivity index is 2.36. The molecule has 0 N–H and O–H groups in total. The number of fused-ring (bicyclic) bond motifs is 3. The summed E-state index contributed by atoms with van der Waals surface area (Å²) in [6.45, 7) is 0. The third-order valence-electron chi connectivity index (χ3n) is 1.78. The van der Waals surface area contributed by atoms with Crippen LogP contribution in [-0.2, 0) is 0 Å². The quantitative estimate of drug-likeness (QED) is 0.427. The van der Waals surface area contributed by atoms with E-state index in [9.17, 15) is 0 Å². The van der Waals surface area contributed by atoms with Crippen molar-refractivity contribution in [2.45, 2.75) is 18.9 Å². The maximum absolute atomic E-state index is 2.31. The van der Waals surface area contributed by atoms with Crippen molar-refractivity contribution in [1.29, 1.82) is 0 Å². The van der Waals surface area contributed by atoms with Gasteiger partial charge in [0.2, 0.25) is 0 Å². The molecule has 0 aromatic rings. The maximum atomic E-state index is 2.31. The fourth-order valence-corrected chi connectivity index (χ4v) is 2.45. The summed E-state index contributed by atoms with van der Waals surface area (Å²) in [5.41, 5.74) is 1.68. The Bertz CT molecular complexity index is 133. The molecule has 0 aromatic carbocycles. The van der Waals surface area contributed by atoms with Gasteiger partial charge in [-0.2, -0.15) is 0 Å². The molecule has 0 nitrogen and oxygen atoms in total. The van der Waals surface area contributed by atoms with Crippen LogP contribution < -0.4 is 0 Å². The first-order valence-electron chi connectivity index (χ1n) is 3.07. The summed E-state index contributed by atoms with van der Waals surface area (Å²) in [6.07, 6.45) is 7.33. The summed E-state index contributed by atoms with van der Waals surface area (Å²) in [4.78, 5) is 0. The molecular formula is C7H8Si. The summed E-state index contributed by atoms with van der Waals surface area (Å²) in [6, 6.07) is 1.38. The van der Waals surface area contributed by atoms with Gasteiger partial charge in [0, 0.05) is 0 Å². The third-order valence-corrected chi connectivity index (χ3v) is 3.28. The van der Waals surface area contributed by atoms with Gasteiger partial charge >= 0.3 is 0 Å². The van der Waals surface area contributed by atoms with E-state index in [4.69, 9.17) is 0 Å². The van der Waals surface area contributed by atoms with Crippen molar-refractivity contribution in [3.05, 3.63) is 22.9 Å². The molecule has 2 aliphatic heterocycles. The highest BCUT2D eigenvalue weighted by Crippen LogP contribution is 2.27. The molecule has 1 fully saturated rings. The predicted molar refractivity (Wildman–Crippen MR) is 36.0 cm³/mol. The normalized spacial score (nSPS) is 25.0. The molecule has 8 heavy (non-hydrogen) atoms. The summed E-state index contributed by atoms with van der Waals surface area (Å²) >= 11 is 0. The first kappa shape index (κ1) is 4.56. The van der Waals surface area contributed by atoms with Gasteiger partial charge in [0.1, 0.15) is 0 Å². The van der Waals surface area contributed by atoms with Crippen LogP contribution in [0.5, 0.6) is 0 Å². The average molecular weight is 120 g/mol. The number of hydrogen-bond acceptors (Lipinski definition) is 0. The molecule has 2 radical (unpaired) electrons. The second-order valence-corrected chi connectivity index (χ2v) is 3.72. The average Bonchev–Trinajstić information content (AvgIpc) is 1.92. The van der Waals surface area contributed by atoms with Gasteiger partial charge < -0.3 is 0 Å². The van der Waals surface area contributed by atoms with Crippen molar-refractivity contribution in [2.24, 2.45) is 0 Å². The lowest BCUT2D eigenvalue weighted by molar-refractivity contribution is 0.915. The molecule has 0 atom stereocenters. The second-order valence-electron chi connectivity index (χ2n) is 2.37. The summed E-state index contributed by atoms with van der Waals surface area (Å²) in [7, 11) is 1.14. The van der Waals surface area contributed by atoms with Crippen LogP contribution in [0.1, 0.15) is 12.8 Å². The predicted octanol–water partition coefficient (Wildman–Crippen LogP) is 1.73. The van der Waals surface area contributed by atoms with Crippen molar-refractivity contribution < 1.29 is 0 Å². The zero-order chi connectivity index (χ0) is 5.40. The minimum absolute atomic E-state index is 1.14. The van der Waals surface area contributed by atoms with E-state index in [-0.39, 0.29) is 0 Å². The minimum Gasteiger partial charge on any atom is -0.0846 e.